The van der Waals surface area contributed by atoms with Crippen molar-refractivity contribution in [1.82, 2.24) is 10.2 Å². The molecule has 0 aromatic heterocycles. The summed E-state index contributed by atoms with van der Waals surface area (Å²) in [5, 5.41) is 3.32. The molecule has 0 aromatic rings. The summed E-state index contributed by atoms with van der Waals surface area (Å²) in [7, 11) is 0. The molecule has 0 spiro atoms. The van der Waals surface area contributed by atoms with E-state index in [2.05, 4.69) is 33.0 Å². The third-order valence-corrected chi connectivity index (χ3v) is 3.30. The number of nitrogens with one attached hydrogen (secondary N) is 1. The molecule has 3 heteroatoms. The summed E-state index contributed by atoms with van der Waals surface area (Å²) in [6.45, 7) is 9.42. The highest BCUT2D eigenvalue weighted by Gasteiger charge is 2.33. The van der Waals surface area contributed by atoms with Gasteiger partial charge in [-0.2, -0.15) is 0 Å². The fourth-order valence-electron chi connectivity index (χ4n) is 2.26. The van der Waals surface area contributed by atoms with Crippen LogP contribution >= 0.6 is 0 Å². The molecule has 1 aliphatic heterocycles. The second-order valence-corrected chi connectivity index (χ2v) is 5.34. The van der Waals surface area contributed by atoms with E-state index >= 15 is 0 Å². The van der Waals surface area contributed by atoms with Crippen LogP contribution in [0.4, 0.5) is 0 Å². The SMILES string of the molecule is CCCCC(C)N1CNC(CC(C)C)C1=O. The van der Waals surface area contributed by atoms with Crippen molar-refractivity contribution in [3.8, 4) is 0 Å². The lowest BCUT2D eigenvalue weighted by Crippen LogP contribution is -2.37. The van der Waals surface area contributed by atoms with Crippen molar-refractivity contribution in [2.75, 3.05) is 6.67 Å². The molecule has 1 saturated heterocycles. The molecule has 1 rings (SSSR count). The van der Waals surface area contributed by atoms with E-state index in [9.17, 15) is 4.79 Å². The van der Waals surface area contributed by atoms with Gasteiger partial charge in [-0.15, -0.1) is 0 Å². The number of carbonyl (C=O) groups excluding carboxylic acids is 1. The van der Waals surface area contributed by atoms with Gasteiger partial charge in [0.05, 0.1) is 12.7 Å². The molecular weight excluding hydrogens is 200 g/mol. The maximum atomic E-state index is 12.1. The van der Waals surface area contributed by atoms with Gasteiger partial charge in [0.25, 0.3) is 0 Å². The Bertz CT molecular complexity index is 228. The van der Waals surface area contributed by atoms with Gasteiger partial charge in [-0.05, 0) is 25.7 Å². The summed E-state index contributed by atoms with van der Waals surface area (Å²) in [5.41, 5.74) is 0. The molecular formula is C13H26N2O. The normalized spacial score (nSPS) is 23.2. The molecule has 0 saturated carbocycles. The monoisotopic (exact) mass is 226 g/mol. The summed E-state index contributed by atoms with van der Waals surface area (Å²) in [6, 6.07) is 0.446. The summed E-state index contributed by atoms with van der Waals surface area (Å²) >= 11 is 0. The lowest BCUT2D eigenvalue weighted by molar-refractivity contribution is -0.131. The molecule has 1 heterocycles. The molecule has 1 fully saturated rings. The van der Waals surface area contributed by atoms with E-state index in [-0.39, 0.29) is 6.04 Å². The van der Waals surface area contributed by atoms with Crippen molar-refractivity contribution >= 4 is 5.91 Å². The minimum absolute atomic E-state index is 0.0593. The van der Waals surface area contributed by atoms with Gasteiger partial charge in [-0.1, -0.05) is 33.6 Å². The summed E-state index contributed by atoms with van der Waals surface area (Å²) in [6.07, 6.45) is 4.49. The van der Waals surface area contributed by atoms with Gasteiger partial charge in [0.15, 0.2) is 0 Å². The third-order valence-electron chi connectivity index (χ3n) is 3.30. The summed E-state index contributed by atoms with van der Waals surface area (Å²) in [5.74, 6) is 0.879. The first-order valence-electron chi connectivity index (χ1n) is 6.60. The predicted molar refractivity (Wildman–Crippen MR) is 67.1 cm³/mol. The van der Waals surface area contributed by atoms with Crippen LogP contribution in [0.5, 0.6) is 0 Å². The fourth-order valence-corrected chi connectivity index (χ4v) is 2.26. The first-order chi connectivity index (χ1) is 7.56. The maximum Gasteiger partial charge on any atom is 0.241 e. The Labute approximate surface area is 99.6 Å². The number of carbonyl (C=O) groups is 1. The predicted octanol–water partition coefficient (Wildman–Crippen LogP) is 2.37. The Morgan fingerprint density at radius 2 is 2.12 bits per heavy atom. The standard InChI is InChI=1S/C13H26N2O/c1-5-6-7-11(4)15-9-14-12(13(15)16)8-10(2)3/h10-12,14H,5-9H2,1-4H3. The van der Waals surface area contributed by atoms with E-state index in [1.54, 1.807) is 0 Å². The average Bonchev–Trinajstić information content (AvgIpc) is 2.56. The minimum Gasteiger partial charge on any atom is -0.326 e. The van der Waals surface area contributed by atoms with Gasteiger partial charge >= 0.3 is 0 Å². The maximum absolute atomic E-state index is 12.1. The second-order valence-electron chi connectivity index (χ2n) is 5.34. The zero-order valence-corrected chi connectivity index (χ0v) is 11.1. The molecule has 0 aromatic carbocycles. The molecule has 1 amide bonds. The number of hydrogen-bond donors (Lipinski definition) is 1. The van der Waals surface area contributed by atoms with Crippen molar-refractivity contribution in [1.29, 1.82) is 0 Å². The van der Waals surface area contributed by atoms with E-state index < -0.39 is 0 Å². The van der Waals surface area contributed by atoms with Gasteiger partial charge in [0.2, 0.25) is 5.91 Å². The fraction of sp³-hybridized carbons (Fsp3) is 0.923. The van der Waals surface area contributed by atoms with Crippen molar-refractivity contribution in [2.24, 2.45) is 5.92 Å². The highest BCUT2D eigenvalue weighted by Crippen LogP contribution is 2.17. The van der Waals surface area contributed by atoms with E-state index in [1.165, 1.54) is 12.8 Å². The number of nitrogens with zero attached hydrogens (tertiary/aromatic N) is 1. The van der Waals surface area contributed by atoms with Gasteiger partial charge in [0, 0.05) is 6.04 Å². The molecule has 3 nitrogen and oxygen atoms in total. The number of rotatable bonds is 6. The first-order valence-corrected chi connectivity index (χ1v) is 6.60. The lowest BCUT2D eigenvalue weighted by atomic mass is 10.0. The van der Waals surface area contributed by atoms with E-state index in [0.29, 0.717) is 17.9 Å². The van der Waals surface area contributed by atoms with E-state index in [0.717, 1.165) is 19.5 Å². The molecule has 1 aliphatic rings. The van der Waals surface area contributed by atoms with Crippen LogP contribution in [0.1, 0.15) is 53.4 Å². The Morgan fingerprint density at radius 1 is 1.44 bits per heavy atom. The van der Waals surface area contributed by atoms with Crippen LogP contribution in [0.3, 0.4) is 0 Å². The highest BCUT2D eigenvalue weighted by molar-refractivity contribution is 5.84. The lowest BCUT2D eigenvalue weighted by Gasteiger charge is -2.23. The molecule has 1 N–H and O–H groups in total. The smallest absolute Gasteiger partial charge is 0.241 e. The van der Waals surface area contributed by atoms with Crippen molar-refractivity contribution < 1.29 is 4.79 Å². The van der Waals surface area contributed by atoms with Crippen LogP contribution in [-0.4, -0.2) is 29.6 Å². The van der Waals surface area contributed by atoms with Crippen molar-refractivity contribution in [3.05, 3.63) is 0 Å². The highest BCUT2D eigenvalue weighted by atomic mass is 16.2. The molecule has 0 radical (unpaired) electrons. The minimum atomic E-state index is 0.0593. The zero-order valence-electron chi connectivity index (χ0n) is 11.1. The van der Waals surface area contributed by atoms with Crippen molar-refractivity contribution in [3.63, 3.8) is 0 Å². The Kier molecular flexibility index (Phi) is 5.26. The van der Waals surface area contributed by atoms with Crippen LogP contribution in [0, 0.1) is 5.92 Å². The topological polar surface area (TPSA) is 32.3 Å². The molecule has 0 aliphatic carbocycles. The molecule has 0 bridgehead atoms. The number of hydrogen-bond acceptors (Lipinski definition) is 2. The van der Waals surface area contributed by atoms with E-state index in [4.69, 9.17) is 0 Å². The Hall–Kier alpha value is -0.570. The van der Waals surface area contributed by atoms with Crippen LogP contribution in [-0.2, 0) is 4.79 Å². The number of amides is 1. The quantitative estimate of drug-likeness (QED) is 0.754. The van der Waals surface area contributed by atoms with Gasteiger partial charge in [-0.25, -0.2) is 0 Å². The van der Waals surface area contributed by atoms with Crippen LogP contribution < -0.4 is 5.32 Å². The van der Waals surface area contributed by atoms with Crippen molar-refractivity contribution in [2.45, 2.75) is 65.5 Å². The van der Waals surface area contributed by atoms with Crippen LogP contribution in [0.25, 0.3) is 0 Å². The summed E-state index contributed by atoms with van der Waals surface area (Å²) in [4.78, 5) is 14.1. The summed E-state index contributed by atoms with van der Waals surface area (Å²) < 4.78 is 0. The Balaban J connectivity index is 2.43. The first kappa shape index (κ1) is 13.5. The zero-order chi connectivity index (χ0) is 12.1. The van der Waals surface area contributed by atoms with E-state index in [1.807, 2.05) is 4.90 Å². The molecule has 2 atom stereocenters. The van der Waals surface area contributed by atoms with Gasteiger partial charge < -0.3 is 4.90 Å². The van der Waals surface area contributed by atoms with Gasteiger partial charge in [-0.3, -0.25) is 10.1 Å². The molecule has 94 valence electrons. The third kappa shape index (κ3) is 3.48. The van der Waals surface area contributed by atoms with Crippen LogP contribution in [0.15, 0.2) is 0 Å². The number of unbranched alkanes of at least 4 members (excludes halogenated alkanes) is 1. The molecule has 2 unspecified atom stereocenters. The second kappa shape index (κ2) is 6.24. The Morgan fingerprint density at radius 3 is 2.69 bits per heavy atom. The average molecular weight is 226 g/mol. The largest absolute Gasteiger partial charge is 0.326 e. The van der Waals surface area contributed by atoms with Gasteiger partial charge in [0.1, 0.15) is 0 Å². The van der Waals surface area contributed by atoms with Crippen LogP contribution in [0.2, 0.25) is 0 Å². The molecule has 16 heavy (non-hydrogen) atoms.